The van der Waals surface area contributed by atoms with Crippen LogP contribution in [0.1, 0.15) is 13.3 Å². The predicted octanol–water partition coefficient (Wildman–Crippen LogP) is 0.607. The van der Waals surface area contributed by atoms with Crippen LogP contribution < -0.4 is 15.4 Å². The molecule has 0 aliphatic rings. The number of hydrogen-bond acceptors (Lipinski definition) is 2. The molecule has 16 heavy (non-hydrogen) atoms. The molecule has 0 aliphatic heterocycles. The molecule has 0 heterocycles. The highest BCUT2D eigenvalue weighted by molar-refractivity contribution is 5.92. The Kier molecular flexibility index (Phi) is 5.36. The summed E-state index contributed by atoms with van der Waals surface area (Å²) in [7, 11) is 1.59. The second-order valence-corrected chi connectivity index (χ2v) is 3.53. The zero-order chi connectivity index (χ0) is 11.8. The summed E-state index contributed by atoms with van der Waals surface area (Å²) < 4.78 is 5.15. The number of para-hydroxylation sites is 2. The van der Waals surface area contributed by atoms with E-state index in [2.05, 4.69) is 12.2 Å². The van der Waals surface area contributed by atoms with E-state index in [0.717, 1.165) is 18.7 Å². The number of methoxy groups -OCH3 is 1. The summed E-state index contributed by atoms with van der Waals surface area (Å²) in [6.45, 7) is 3.51. The highest BCUT2D eigenvalue weighted by atomic mass is 16.5. The Hall–Kier alpha value is -1.55. The fourth-order valence-corrected chi connectivity index (χ4v) is 1.39. The first kappa shape index (κ1) is 12.5. The van der Waals surface area contributed by atoms with Gasteiger partial charge < -0.3 is 15.4 Å². The average molecular weight is 223 g/mol. The maximum Gasteiger partial charge on any atom is 0.279 e. The second-order valence-electron chi connectivity index (χ2n) is 3.53. The Bertz CT molecular complexity index is 340. The highest BCUT2D eigenvalue weighted by Crippen LogP contribution is 2.22. The van der Waals surface area contributed by atoms with Gasteiger partial charge in [0.1, 0.15) is 5.75 Å². The van der Waals surface area contributed by atoms with E-state index < -0.39 is 0 Å². The highest BCUT2D eigenvalue weighted by Gasteiger charge is 2.07. The number of quaternary nitrogens is 1. The first-order chi connectivity index (χ1) is 7.77. The van der Waals surface area contributed by atoms with E-state index in [4.69, 9.17) is 4.74 Å². The van der Waals surface area contributed by atoms with Gasteiger partial charge in [0.15, 0.2) is 6.54 Å². The van der Waals surface area contributed by atoms with Crippen LogP contribution in [-0.4, -0.2) is 26.1 Å². The number of carbonyl (C=O) groups is 1. The number of benzene rings is 1. The standard InChI is InChI=1S/C12H18N2O2/c1-3-8-13-9-12(15)14-10-6-4-5-7-11(10)16-2/h4-7,13H,3,8-9H2,1-2H3,(H,14,15)/p+1. The minimum atomic E-state index is -0.00190. The van der Waals surface area contributed by atoms with Crippen molar-refractivity contribution in [3.63, 3.8) is 0 Å². The summed E-state index contributed by atoms with van der Waals surface area (Å²) >= 11 is 0. The first-order valence-corrected chi connectivity index (χ1v) is 5.52. The Morgan fingerprint density at radius 1 is 1.44 bits per heavy atom. The summed E-state index contributed by atoms with van der Waals surface area (Å²) in [5, 5.41) is 4.82. The normalized spacial score (nSPS) is 9.88. The molecule has 0 spiro atoms. The first-order valence-electron chi connectivity index (χ1n) is 5.52. The third kappa shape index (κ3) is 3.90. The van der Waals surface area contributed by atoms with Gasteiger partial charge in [0.05, 0.1) is 19.3 Å². The Labute approximate surface area is 96.0 Å². The van der Waals surface area contributed by atoms with Crippen molar-refractivity contribution in [3.8, 4) is 5.75 Å². The summed E-state index contributed by atoms with van der Waals surface area (Å²) in [4.78, 5) is 11.6. The van der Waals surface area contributed by atoms with Crippen LogP contribution in [0.15, 0.2) is 24.3 Å². The SMILES string of the molecule is CCC[NH2+]CC(=O)Nc1ccccc1OC. The van der Waals surface area contributed by atoms with Gasteiger partial charge >= 0.3 is 0 Å². The predicted molar refractivity (Wildman–Crippen MR) is 63.6 cm³/mol. The second kappa shape index (κ2) is 6.85. The molecule has 1 aromatic carbocycles. The molecule has 1 aromatic rings. The van der Waals surface area contributed by atoms with Gasteiger partial charge in [0.25, 0.3) is 5.91 Å². The van der Waals surface area contributed by atoms with E-state index in [1.807, 2.05) is 29.6 Å². The Balaban J connectivity index is 2.49. The zero-order valence-corrected chi connectivity index (χ0v) is 9.82. The smallest absolute Gasteiger partial charge is 0.279 e. The van der Waals surface area contributed by atoms with Crippen LogP contribution in [0, 0.1) is 0 Å². The molecule has 0 aliphatic carbocycles. The van der Waals surface area contributed by atoms with Crippen LogP contribution in [0.2, 0.25) is 0 Å². The molecule has 88 valence electrons. The molecule has 0 saturated heterocycles. The van der Waals surface area contributed by atoms with Gasteiger partial charge in [-0.25, -0.2) is 0 Å². The van der Waals surface area contributed by atoms with E-state index in [0.29, 0.717) is 12.3 Å². The van der Waals surface area contributed by atoms with Crippen molar-refractivity contribution in [2.45, 2.75) is 13.3 Å². The number of nitrogens with one attached hydrogen (secondary N) is 1. The maximum absolute atomic E-state index is 11.6. The fraction of sp³-hybridized carbons (Fsp3) is 0.417. The molecule has 0 unspecified atom stereocenters. The van der Waals surface area contributed by atoms with Crippen molar-refractivity contribution in [3.05, 3.63) is 24.3 Å². The van der Waals surface area contributed by atoms with Crippen molar-refractivity contribution < 1.29 is 14.8 Å². The molecular formula is C12H19N2O2+. The van der Waals surface area contributed by atoms with E-state index in [-0.39, 0.29) is 5.91 Å². The number of ether oxygens (including phenoxy) is 1. The molecule has 4 heteroatoms. The maximum atomic E-state index is 11.6. The molecule has 0 fully saturated rings. The molecular weight excluding hydrogens is 204 g/mol. The molecule has 3 N–H and O–H groups in total. The van der Waals surface area contributed by atoms with Gasteiger partial charge in [0.2, 0.25) is 0 Å². The van der Waals surface area contributed by atoms with Crippen molar-refractivity contribution in [2.24, 2.45) is 0 Å². The number of hydrogen-bond donors (Lipinski definition) is 2. The zero-order valence-electron chi connectivity index (χ0n) is 9.82. The van der Waals surface area contributed by atoms with Gasteiger partial charge in [-0.2, -0.15) is 0 Å². The lowest BCUT2D eigenvalue weighted by Gasteiger charge is -2.08. The topological polar surface area (TPSA) is 54.9 Å². The van der Waals surface area contributed by atoms with E-state index >= 15 is 0 Å². The van der Waals surface area contributed by atoms with Crippen LogP contribution in [0.25, 0.3) is 0 Å². The van der Waals surface area contributed by atoms with Gasteiger partial charge in [-0.3, -0.25) is 4.79 Å². The van der Waals surface area contributed by atoms with Crippen molar-refractivity contribution >= 4 is 11.6 Å². The largest absolute Gasteiger partial charge is 0.495 e. The third-order valence-corrected chi connectivity index (χ3v) is 2.20. The van der Waals surface area contributed by atoms with Gasteiger partial charge in [-0.1, -0.05) is 19.1 Å². The molecule has 0 atom stereocenters. The van der Waals surface area contributed by atoms with Crippen molar-refractivity contribution in [1.29, 1.82) is 0 Å². The molecule has 0 bridgehead atoms. The van der Waals surface area contributed by atoms with Crippen LogP contribution in [0.3, 0.4) is 0 Å². The van der Waals surface area contributed by atoms with Crippen molar-refractivity contribution in [1.82, 2.24) is 0 Å². The number of carbonyl (C=O) groups excluding carboxylic acids is 1. The lowest BCUT2D eigenvalue weighted by atomic mass is 10.3. The van der Waals surface area contributed by atoms with E-state index in [1.165, 1.54) is 0 Å². The molecule has 0 aromatic heterocycles. The van der Waals surface area contributed by atoms with E-state index in [1.54, 1.807) is 7.11 Å². The van der Waals surface area contributed by atoms with E-state index in [9.17, 15) is 4.79 Å². The number of nitrogens with two attached hydrogens (primary N) is 1. The molecule has 0 radical (unpaired) electrons. The summed E-state index contributed by atoms with van der Waals surface area (Å²) in [5.74, 6) is 0.685. The Morgan fingerprint density at radius 3 is 2.88 bits per heavy atom. The number of amides is 1. The molecule has 4 nitrogen and oxygen atoms in total. The monoisotopic (exact) mass is 223 g/mol. The molecule has 1 rings (SSSR count). The van der Waals surface area contributed by atoms with Gasteiger partial charge in [-0.05, 0) is 18.6 Å². The third-order valence-electron chi connectivity index (χ3n) is 2.20. The summed E-state index contributed by atoms with van der Waals surface area (Å²) in [5.41, 5.74) is 0.722. The summed E-state index contributed by atoms with van der Waals surface area (Å²) in [6, 6.07) is 7.40. The van der Waals surface area contributed by atoms with Crippen LogP contribution in [0.5, 0.6) is 5.75 Å². The number of rotatable bonds is 6. The van der Waals surface area contributed by atoms with Crippen LogP contribution >= 0.6 is 0 Å². The quantitative estimate of drug-likeness (QED) is 0.694. The minimum Gasteiger partial charge on any atom is -0.495 e. The summed E-state index contributed by atoms with van der Waals surface area (Å²) in [6.07, 6.45) is 1.07. The molecule has 0 saturated carbocycles. The van der Waals surface area contributed by atoms with Crippen molar-refractivity contribution in [2.75, 3.05) is 25.5 Å². The minimum absolute atomic E-state index is 0.00190. The molecule has 1 amide bonds. The average Bonchev–Trinajstić information content (AvgIpc) is 2.30. The lowest BCUT2D eigenvalue weighted by Crippen LogP contribution is -2.86. The lowest BCUT2D eigenvalue weighted by molar-refractivity contribution is -0.643. The fourth-order valence-electron chi connectivity index (χ4n) is 1.39. The number of anilines is 1. The van der Waals surface area contributed by atoms with Crippen LogP contribution in [0.4, 0.5) is 5.69 Å². The Morgan fingerprint density at radius 2 is 2.19 bits per heavy atom. The van der Waals surface area contributed by atoms with Gasteiger partial charge in [-0.15, -0.1) is 0 Å². The van der Waals surface area contributed by atoms with Gasteiger partial charge in [0, 0.05) is 0 Å². The van der Waals surface area contributed by atoms with Crippen LogP contribution in [-0.2, 0) is 4.79 Å².